The van der Waals surface area contributed by atoms with Crippen LogP contribution in [-0.2, 0) is 11.4 Å². The average molecular weight is 442 g/mol. The van der Waals surface area contributed by atoms with Crippen molar-refractivity contribution in [3.8, 4) is 5.75 Å². The quantitative estimate of drug-likeness (QED) is 0.530. The molecule has 3 aromatic carbocycles. The van der Waals surface area contributed by atoms with Crippen LogP contribution in [0.15, 0.2) is 91.0 Å². The Morgan fingerprint density at radius 2 is 1.45 bits per heavy atom. The predicted octanol–water partition coefficient (Wildman–Crippen LogP) is 4.54. The number of nitrogens with one attached hydrogen (secondary N) is 1. The van der Waals surface area contributed by atoms with E-state index in [-0.39, 0.29) is 5.91 Å². The van der Waals surface area contributed by atoms with Crippen molar-refractivity contribution < 1.29 is 9.53 Å². The van der Waals surface area contributed by atoms with Crippen molar-refractivity contribution in [2.45, 2.75) is 6.61 Å². The summed E-state index contributed by atoms with van der Waals surface area (Å²) in [6, 6.07) is 28.0. The van der Waals surface area contributed by atoms with E-state index in [4.69, 9.17) is 4.74 Å². The molecule has 1 N–H and O–H groups in total. The lowest BCUT2D eigenvalue weighted by Gasteiger charge is -2.33. The first-order valence-electron chi connectivity index (χ1n) is 11.5. The van der Waals surface area contributed by atoms with E-state index in [9.17, 15) is 4.79 Å². The van der Waals surface area contributed by atoms with Gasteiger partial charge in [-0.05, 0) is 35.4 Å². The van der Waals surface area contributed by atoms with Crippen molar-refractivity contribution in [2.75, 3.05) is 44.6 Å². The summed E-state index contributed by atoms with van der Waals surface area (Å²) in [7, 11) is 0. The molecular weight excluding hydrogens is 410 g/mol. The lowest BCUT2D eigenvalue weighted by Crippen LogP contribution is -2.48. The second kappa shape index (κ2) is 12.0. The van der Waals surface area contributed by atoms with Gasteiger partial charge >= 0.3 is 0 Å². The van der Waals surface area contributed by atoms with E-state index in [0.29, 0.717) is 13.2 Å². The molecule has 170 valence electrons. The van der Waals surface area contributed by atoms with Crippen molar-refractivity contribution in [1.82, 2.24) is 9.80 Å². The molecule has 0 radical (unpaired) electrons. The molecule has 1 amide bonds. The Kier molecular flexibility index (Phi) is 8.28. The first-order valence-corrected chi connectivity index (χ1v) is 11.5. The van der Waals surface area contributed by atoms with Crippen LogP contribution in [0.3, 0.4) is 0 Å². The lowest BCUT2D eigenvalue weighted by atomic mass is 10.2. The van der Waals surface area contributed by atoms with Gasteiger partial charge in [-0.15, -0.1) is 0 Å². The van der Waals surface area contributed by atoms with Crippen LogP contribution in [0.1, 0.15) is 11.1 Å². The van der Waals surface area contributed by atoms with E-state index in [2.05, 4.69) is 51.5 Å². The minimum absolute atomic E-state index is 0.0189. The highest BCUT2D eigenvalue weighted by molar-refractivity contribution is 5.92. The van der Waals surface area contributed by atoms with Crippen LogP contribution in [0.4, 0.5) is 5.69 Å². The van der Waals surface area contributed by atoms with E-state index in [0.717, 1.165) is 49.7 Å². The SMILES string of the molecule is O=C(CN1CCN(C/C=C/c2ccccc2)CC1)Nc1ccc(OCc2ccccc2)cc1. The summed E-state index contributed by atoms with van der Waals surface area (Å²) >= 11 is 0. The summed E-state index contributed by atoms with van der Waals surface area (Å²) in [6.45, 7) is 5.63. The average Bonchev–Trinajstić information content (AvgIpc) is 2.86. The van der Waals surface area contributed by atoms with E-state index in [1.807, 2.05) is 60.7 Å². The Bertz CT molecular complexity index is 1010. The summed E-state index contributed by atoms with van der Waals surface area (Å²) in [5.41, 5.74) is 3.14. The van der Waals surface area contributed by atoms with Crippen LogP contribution < -0.4 is 10.1 Å². The molecule has 1 fully saturated rings. The van der Waals surface area contributed by atoms with Crippen LogP contribution in [0.2, 0.25) is 0 Å². The van der Waals surface area contributed by atoms with Gasteiger partial charge in [0.15, 0.2) is 0 Å². The third-order valence-corrected chi connectivity index (χ3v) is 5.69. The van der Waals surface area contributed by atoms with Crippen LogP contribution in [0, 0.1) is 0 Å². The number of piperazine rings is 1. The number of anilines is 1. The zero-order chi connectivity index (χ0) is 22.7. The summed E-state index contributed by atoms with van der Waals surface area (Å²) in [5.74, 6) is 0.805. The van der Waals surface area contributed by atoms with Crippen molar-refractivity contribution in [3.05, 3.63) is 102 Å². The molecule has 0 saturated carbocycles. The largest absolute Gasteiger partial charge is 0.489 e. The standard InChI is InChI=1S/C28H31N3O2/c32-28(29-26-13-15-27(16-14-26)33-23-25-10-5-2-6-11-25)22-31-20-18-30(19-21-31)17-7-12-24-8-3-1-4-9-24/h1-16H,17-23H2,(H,29,32)/b12-7+. The molecule has 1 aliphatic rings. The first-order chi connectivity index (χ1) is 16.2. The maximum absolute atomic E-state index is 12.5. The fraction of sp³-hybridized carbons (Fsp3) is 0.250. The molecule has 4 rings (SSSR count). The van der Waals surface area contributed by atoms with Crippen LogP contribution >= 0.6 is 0 Å². The Labute approximate surface area is 196 Å². The molecule has 1 aliphatic heterocycles. The number of hydrogen-bond donors (Lipinski definition) is 1. The topological polar surface area (TPSA) is 44.8 Å². The monoisotopic (exact) mass is 441 g/mol. The Hall–Kier alpha value is -3.41. The van der Waals surface area contributed by atoms with Crippen LogP contribution in [0.5, 0.6) is 5.75 Å². The first kappa shape index (κ1) is 22.8. The highest BCUT2D eigenvalue weighted by Gasteiger charge is 2.18. The molecule has 5 heteroatoms. The molecule has 3 aromatic rings. The Morgan fingerprint density at radius 1 is 0.818 bits per heavy atom. The minimum atomic E-state index is 0.0189. The maximum Gasteiger partial charge on any atom is 0.238 e. The summed E-state index contributed by atoms with van der Waals surface area (Å²) in [4.78, 5) is 17.1. The molecule has 1 saturated heterocycles. The third kappa shape index (κ3) is 7.59. The summed E-state index contributed by atoms with van der Waals surface area (Å²) < 4.78 is 5.81. The molecule has 0 aromatic heterocycles. The summed E-state index contributed by atoms with van der Waals surface area (Å²) in [5, 5.41) is 2.99. The number of rotatable bonds is 9. The van der Waals surface area contributed by atoms with Crippen molar-refractivity contribution in [3.63, 3.8) is 0 Å². The molecule has 0 atom stereocenters. The second-order valence-electron chi connectivity index (χ2n) is 8.24. The zero-order valence-electron chi connectivity index (χ0n) is 18.9. The molecule has 0 spiro atoms. The second-order valence-corrected chi connectivity index (χ2v) is 8.24. The van der Waals surface area contributed by atoms with Crippen molar-refractivity contribution in [1.29, 1.82) is 0 Å². The number of hydrogen-bond acceptors (Lipinski definition) is 4. The molecular formula is C28H31N3O2. The summed E-state index contributed by atoms with van der Waals surface area (Å²) in [6.07, 6.45) is 4.38. The normalized spacial score (nSPS) is 14.9. The highest BCUT2D eigenvalue weighted by Crippen LogP contribution is 2.17. The zero-order valence-corrected chi connectivity index (χ0v) is 18.9. The Morgan fingerprint density at radius 3 is 2.15 bits per heavy atom. The molecule has 0 aliphatic carbocycles. The number of carbonyl (C=O) groups excluding carboxylic acids is 1. The van der Waals surface area contributed by atoms with Gasteiger partial charge in [0.05, 0.1) is 6.54 Å². The van der Waals surface area contributed by atoms with Gasteiger partial charge in [0, 0.05) is 38.4 Å². The number of amides is 1. The van der Waals surface area contributed by atoms with E-state index >= 15 is 0 Å². The molecule has 33 heavy (non-hydrogen) atoms. The molecule has 0 bridgehead atoms. The van der Waals surface area contributed by atoms with Crippen LogP contribution in [-0.4, -0.2) is 55.0 Å². The minimum Gasteiger partial charge on any atom is -0.489 e. The smallest absolute Gasteiger partial charge is 0.238 e. The Balaban J connectivity index is 1.15. The lowest BCUT2D eigenvalue weighted by molar-refractivity contribution is -0.117. The van der Waals surface area contributed by atoms with Crippen molar-refractivity contribution >= 4 is 17.7 Å². The highest BCUT2D eigenvalue weighted by atomic mass is 16.5. The van der Waals surface area contributed by atoms with Gasteiger partial charge in [-0.2, -0.15) is 0 Å². The van der Waals surface area contributed by atoms with Gasteiger partial charge in [-0.25, -0.2) is 0 Å². The number of nitrogens with zero attached hydrogens (tertiary/aromatic N) is 2. The van der Waals surface area contributed by atoms with Gasteiger partial charge in [0.25, 0.3) is 0 Å². The van der Waals surface area contributed by atoms with E-state index in [1.54, 1.807) is 0 Å². The number of ether oxygens (including phenoxy) is 1. The van der Waals surface area contributed by atoms with Gasteiger partial charge in [-0.1, -0.05) is 72.8 Å². The van der Waals surface area contributed by atoms with E-state index in [1.165, 1.54) is 5.56 Å². The fourth-order valence-electron chi connectivity index (χ4n) is 3.81. The van der Waals surface area contributed by atoms with Crippen molar-refractivity contribution in [2.24, 2.45) is 0 Å². The van der Waals surface area contributed by atoms with Crippen LogP contribution in [0.25, 0.3) is 6.08 Å². The molecule has 5 nitrogen and oxygen atoms in total. The number of benzene rings is 3. The third-order valence-electron chi connectivity index (χ3n) is 5.69. The predicted molar refractivity (Wildman–Crippen MR) is 134 cm³/mol. The number of carbonyl (C=O) groups is 1. The molecule has 1 heterocycles. The van der Waals surface area contributed by atoms with Gasteiger partial charge in [0.1, 0.15) is 12.4 Å². The van der Waals surface area contributed by atoms with Gasteiger partial charge < -0.3 is 10.1 Å². The van der Waals surface area contributed by atoms with E-state index < -0.39 is 0 Å². The fourth-order valence-corrected chi connectivity index (χ4v) is 3.81. The van der Waals surface area contributed by atoms with Gasteiger partial charge in [-0.3, -0.25) is 14.6 Å². The maximum atomic E-state index is 12.5. The molecule has 0 unspecified atom stereocenters. The van der Waals surface area contributed by atoms with Gasteiger partial charge in [0.2, 0.25) is 5.91 Å².